The summed E-state index contributed by atoms with van der Waals surface area (Å²) in [5, 5.41) is 1.11. The van der Waals surface area contributed by atoms with Gasteiger partial charge in [-0.1, -0.05) is 84.0 Å². The van der Waals surface area contributed by atoms with Crippen LogP contribution in [0.5, 0.6) is 0 Å². The molecule has 0 aliphatic rings. The smallest absolute Gasteiger partial charge is 0.149 e. The molecule has 0 bridgehead atoms. The van der Waals surface area contributed by atoms with Gasteiger partial charge < -0.3 is 4.42 Å². The first-order chi connectivity index (χ1) is 16.3. The maximum absolute atomic E-state index is 6.11. The summed E-state index contributed by atoms with van der Waals surface area (Å²) in [6.07, 6.45) is 2.93. The van der Waals surface area contributed by atoms with Gasteiger partial charge >= 0.3 is 0 Å². The van der Waals surface area contributed by atoms with E-state index in [1.54, 1.807) is 0 Å². The van der Waals surface area contributed by atoms with Crippen molar-refractivity contribution >= 4 is 22.0 Å². The lowest BCUT2D eigenvalue weighted by Crippen LogP contribution is -2.08. The van der Waals surface area contributed by atoms with E-state index in [0.717, 1.165) is 39.8 Å². The van der Waals surface area contributed by atoms with Gasteiger partial charge in [-0.3, -0.25) is 4.57 Å². The van der Waals surface area contributed by atoms with Crippen LogP contribution in [0.25, 0.3) is 39.1 Å². The Hall–Kier alpha value is -3.33. The molecular formula is C31H34N2O. The SMILES string of the molecule is CC(C)Cc1ccc2c(-c3nc4ccccc4n3-c3c(C(C)C)cccc3C(C)C)coc2c1. The van der Waals surface area contributed by atoms with Gasteiger partial charge in [0.1, 0.15) is 17.7 Å². The second-order valence-corrected chi connectivity index (χ2v) is 10.4. The van der Waals surface area contributed by atoms with Gasteiger partial charge in [0.2, 0.25) is 0 Å². The van der Waals surface area contributed by atoms with Gasteiger partial charge in [0.15, 0.2) is 0 Å². The van der Waals surface area contributed by atoms with E-state index in [-0.39, 0.29) is 0 Å². The standard InChI is InChI=1S/C31H34N2O/c1-19(2)16-22-14-15-25-26(18-34-29(25)17-22)31-32-27-12-7-8-13-28(27)33(31)30-23(20(3)4)10-9-11-24(30)21(5)6/h7-15,17-21H,16H2,1-6H3. The van der Waals surface area contributed by atoms with Crippen LogP contribution < -0.4 is 0 Å². The van der Waals surface area contributed by atoms with Gasteiger partial charge in [-0.05, 0) is 59.1 Å². The lowest BCUT2D eigenvalue weighted by Gasteiger charge is -2.22. The molecular weight excluding hydrogens is 416 g/mol. The number of benzene rings is 3. The number of furan rings is 1. The molecule has 2 aromatic heterocycles. The molecule has 34 heavy (non-hydrogen) atoms. The third kappa shape index (κ3) is 3.83. The highest BCUT2D eigenvalue weighted by Crippen LogP contribution is 2.39. The van der Waals surface area contributed by atoms with Crippen molar-refractivity contribution < 1.29 is 4.42 Å². The molecule has 0 fully saturated rings. The van der Waals surface area contributed by atoms with Crippen LogP contribution in [0.4, 0.5) is 0 Å². The van der Waals surface area contributed by atoms with E-state index in [0.29, 0.717) is 17.8 Å². The normalized spacial score (nSPS) is 12.1. The van der Waals surface area contributed by atoms with Crippen LogP contribution in [0, 0.1) is 5.92 Å². The van der Waals surface area contributed by atoms with E-state index in [4.69, 9.17) is 9.40 Å². The van der Waals surface area contributed by atoms with Crippen LogP contribution in [0.15, 0.2) is 71.3 Å². The van der Waals surface area contributed by atoms with E-state index in [1.807, 2.05) is 6.26 Å². The Bertz CT molecular complexity index is 1440. The highest BCUT2D eigenvalue weighted by atomic mass is 16.3. The number of nitrogens with zero attached hydrogens (tertiary/aromatic N) is 2. The molecule has 0 saturated heterocycles. The summed E-state index contributed by atoms with van der Waals surface area (Å²) >= 11 is 0. The molecule has 0 spiro atoms. The number of aromatic nitrogens is 2. The molecule has 0 aliphatic carbocycles. The fourth-order valence-corrected chi connectivity index (χ4v) is 5.05. The molecule has 3 heteroatoms. The molecule has 174 valence electrons. The second-order valence-electron chi connectivity index (χ2n) is 10.4. The highest BCUT2D eigenvalue weighted by Gasteiger charge is 2.23. The molecule has 3 aromatic carbocycles. The monoisotopic (exact) mass is 450 g/mol. The van der Waals surface area contributed by atoms with Gasteiger partial charge in [0, 0.05) is 5.39 Å². The predicted octanol–water partition coefficient (Wildman–Crippen LogP) is 8.88. The number of para-hydroxylation sites is 3. The first-order valence-corrected chi connectivity index (χ1v) is 12.5. The maximum Gasteiger partial charge on any atom is 0.149 e. The van der Waals surface area contributed by atoms with Crippen molar-refractivity contribution in [3.8, 4) is 17.1 Å². The van der Waals surface area contributed by atoms with Gasteiger partial charge in [0.05, 0.1) is 22.3 Å². The van der Waals surface area contributed by atoms with E-state index in [1.165, 1.54) is 22.4 Å². The zero-order valence-electron chi connectivity index (χ0n) is 21.1. The van der Waals surface area contributed by atoms with E-state index < -0.39 is 0 Å². The number of imidazole rings is 1. The molecule has 3 nitrogen and oxygen atoms in total. The van der Waals surface area contributed by atoms with Crippen molar-refractivity contribution in [3.63, 3.8) is 0 Å². The van der Waals surface area contributed by atoms with Gasteiger partial charge in [-0.15, -0.1) is 0 Å². The quantitative estimate of drug-likeness (QED) is 0.259. The zero-order chi connectivity index (χ0) is 24.0. The van der Waals surface area contributed by atoms with E-state index in [2.05, 4.69) is 107 Å². The fraction of sp³-hybridized carbons (Fsp3) is 0.323. The van der Waals surface area contributed by atoms with Crippen LogP contribution >= 0.6 is 0 Å². The first kappa shape index (κ1) is 22.5. The van der Waals surface area contributed by atoms with Crippen LogP contribution in [0.1, 0.15) is 70.1 Å². The van der Waals surface area contributed by atoms with E-state index >= 15 is 0 Å². The first-order valence-electron chi connectivity index (χ1n) is 12.5. The Morgan fingerprint density at radius 3 is 2.21 bits per heavy atom. The molecule has 0 N–H and O–H groups in total. The zero-order valence-corrected chi connectivity index (χ0v) is 21.1. The minimum absolute atomic E-state index is 0.391. The Balaban J connectivity index is 1.82. The Kier molecular flexibility index (Phi) is 5.81. The molecule has 0 aliphatic heterocycles. The Labute approximate surface area is 202 Å². The second kappa shape index (κ2) is 8.79. The highest BCUT2D eigenvalue weighted by molar-refractivity contribution is 5.95. The van der Waals surface area contributed by atoms with Crippen LogP contribution in [-0.2, 0) is 6.42 Å². The van der Waals surface area contributed by atoms with Crippen LogP contribution in [0.3, 0.4) is 0 Å². The summed E-state index contributed by atoms with van der Waals surface area (Å²) in [5.74, 6) is 2.33. The molecule has 0 radical (unpaired) electrons. The van der Waals surface area contributed by atoms with E-state index in [9.17, 15) is 0 Å². The summed E-state index contributed by atoms with van der Waals surface area (Å²) in [7, 11) is 0. The van der Waals surface area contributed by atoms with Crippen molar-refractivity contribution in [2.24, 2.45) is 5.92 Å². The summed E-state index contributed by atoms with van der Waals surface area (Å²) in [6.45, 7) is 13.6. The maximum atomic E-state index is 6.11. The van der Waals surface area contributed by atoms with Gasteiger partial charge in [-0.25, -0.2) is 4.98 Å². The lowest BCUT2D eigenvalue weighted by atomic mass is 9.92. The van der Waals surface area contributed by atoms with Gasteiger partial charge in [0.25, 0.3) is 0 Å². The topological polar surface area (TPSA) is 31.0 Å². The molecule has 0 atom stereocenters. The van der Waals surface area contributed by atoms with Gasteiger partial charge in [-0.2, -0.15) is 0 Å². The number of rotatable bonds is 6. The molecule has 0 amide bonds. The molecule has 0 saturated carbocycles. The average molecular weight is 451 g/mol. The fourth-order valence-electron chi connectivity index (χ4n) is 5.05. The summed E-state index contributed by atoms with van der Waals surface area (Å²) < 4.78 is 8.48. The van der Waals surface area contributed by atoms with Crippen molar-refractivity contribution in [3.05, 3.63) is 83.6 Å². The number of hydrogen-bond acceptors (Lipinski definition) is 2. The number of fused-ring (bicyclic) bond motifs is 2. The molecule has 0 unspecified atom stereocenters. The Morgan fingerprint density at radius 1 is 0.824 bits per heavy atom. The third-order valence-electron chi connectivity index (χ3n) is 6.65. The molecule has 2 heterocycles. The Morgan fingerprint density at radius 2 is 1.53 bits per heavy atom. The minimum Gasteiger partial charge on any atom is -0.464 e. The van der Waals surface area contributed by atoms with Crippen molar-refractivity contribution in [1.29, 1.82) is 0 Å². The average Bonchev–Trinajstić information content (AvgIpc) is 3.38. The van der Waals surface area contributed by atoms with Crippen LogP contribution in [0.2, 0.25) is 0 Å². The van der Waals surface area contributed by atoms with Crippen molar-refractivity contribution in [2.45, 2.75) is 59.8 Å². The summed E-state index contributed by atoms with van der Waals surface area (Å²) in [6, 6.07) is 21.8. The minimum atomic E-state index is 0.391. The molecule has 5 rings (SSSR count). The number of hydrogen-bond donors (Lipinski definition) is 0. The molecule has 5 aromatic rings. The predicted molar refractivity (Wildman–Crippen MR) is 143 cm³/mol. The summed E-state index contributed by atoms with van der Waals surface area (Å²) in [4.78, 5) is 5.16. The lowest BCUT2D eigenvalue weighted by molar-refractivity contribution is 0.612. The summed E-state index contributed by atoms with van der Waals surface area (Å²) in [5.41, 5.74) is 9.31. The largest absolute Gasteiger partial charge is 0.464 e. The third-order valence-corrected chi connectivity index (χ3v) is 6.65. The van der Waals surface area contributed by atoms with Crippen LogP contribution in [-0.4, -0.2) is 9.55 Å². The van der Waals surface area contributed by atoms with Crippen molar-refractivity contribution in [1.82, 2.24) is 9.55 Å². The van der Waals surface area contributed by atoms with Crippen molar-refractivity contribution in [2.75, 3.05) is 0 Å².